The molecule has 0 spiro atoms. The van der Waals surface area contributed by atoms with Crippen molar-refractivity contribution in [3.8, 4) is 0 Å². The molecule has 0 aromatic rings. The second kappa shape index (κ2) is 2.01. The predicted molar refractivity (Wildman–Crippen MR) is 29.5 cm³/mol. The minimum Gasteiger partial charge on any atom is -0.396 e. The Morgan fingerprint density at radius 2 is 1.75 bits per heavy atom. The summed E-state index contributed by atoms with van der Waals surface area (Å²) in [6.45, 7) is 1.69. The molecule has 0 amide bonds. The summed E-state index contributed by atoms with van der Waals surface area (Å²) in [6.07, 6.45) is 0. The molecule has 1 fully saturated rings. The first-order valence-electron chi connectivity index (χ1n) is 2.75. The number of rotatable bonds is 2. The van der Waals surface area contributed by atoms with Crippen LogP contribution in [0.5, 0.6) is 0 Å². The quantitative estimate of drug-likeness (QED) is 0.415. The number of aliphatic hydroxyl groups excluding tert-OH is 2. The standard InChI is InChI=1S/C5H11NO2/c7-3-5(4-8)1-6-2-5/h6-8H,1-4H2. The molecule has 0 radical (unpaired) electrons. The summed E-state index contributed by atoms with van der Waals surface area (Å²) < 4.78 is 0. The van der Waals surface area contributed by atoms with E-state index in [1.165, 1.54) is 0 Å². The Hall–Kier alpha value is -0.120. The lowest BCUT2D eigenvalue weighted by Gasteiger charge is -2.39. The molecule has 1 saturated heterocycles. The van der Waals surface area contributed by atoms with Crippen LogP contribution in [0.4, 0.5) is 0 Å². The van der Waals surface area contributed by atoms with Gasteiger partial charge in [-0.15, -0.1) is 0 Å². The van der Waals surface area contributed by atoms with Gasteiger partial charge in [-0.3, -0.25) is 0 Å². The Labute approximate surface area is 48.3 Å². The predicted octanol–water partition coefficient (Wildman–Crippen LogP) is -1.44. The Morgan fingerprint density at radius 1 is 1.25 bits per heavy atom. The molecule has 0 atom stereocenters. The fourth-order valence-corrected chi connectivity index (χ4v) is 0.752. The molecule has 0 aromatic carbocycles. The average molecular weight is 117 g/mol. The van der Waals surface area contributed by atoms with E-state index in [2.05, 4.69) is 5.32 Å². The fraction of sp³-hybridized carbons (Fsp3) is 1.00. The minimum atomic E-state index is -0.194. The van der Waals surface area contributed by atoms with Gasteiger partial charge in [0.1, 0.15) is 0 Å². The highest BCUT2D eigenvalue weighted by Gasteiger charge is 2.35. The Balaban J connectivity index is 2.33. The van der Waals surface area contributed by atoms with Crippen LogP contribution in [0.15, 0.2) is 0 Å². The van der Waals surface area contributed by atoms with Gasteiger partial charge in [-0.25, -0.2) is 0 Å². The van der Waals surface area contributed by atoms with E-state index in [1.54, 1.807) is 0 Å². The number of hydrogen-bond acceptors (Lipinski definition) is 3. The minimum absolute atomic E-state index is 0.0938. The van der Waals surface area contributed by atoms with Gasteiger partial charge in [0, 0.05) is 18.5 Å². The molecule has 0 aliphatic carbocycles. The normalized spacial score (nSPS) is 24.8. The molecule has 0 aromatic heterocycles. The van der Waals surface area contributed by atoms with Crippen molar-refractivity contribution in [2.45, 2.75) is 0 Å². The van der Waals surface area contributed by atoms with Crippen molar-refractivity contribution >= 4 is 0 Å². The SMILES string of the molecule is OCC1(CO)CNC1. The molecule has 1 aliphatic rings. The van der Waals surface area contributed by atoms with E-state index in [0.29, 0.717) is 0 Å². The maximum absolute atomic E-state index is 8.64. The van der Waals surface area contributed by atoms with E-state index in [-0.39, 0.29) is 18.6 Å². The van der Waals surface area contributed by atoms with Crippen molar-refractivity contribution in [3.05, 3.63) is 0 Å². The molecule has 0 bridgehead atoms. The maximum atomic E-state index is 8.64. The molecule has 3 nitrogen and oxygen atoms in total. The molecule has 48 valence electrons. The zero-order valence-electron chi connectivity index (χ0n) is 4.72. The molecule has 1 aliphatic heterocycles. The Morgan fingerprint density at radius 3 is 1.75 bits per heavy atom. The van der Waals surface area contributed by atoms with Gasteiger partial charge in [-0.05, 0) is 0 Å². The second-order valence-electron chi connectivity index (χ2n) is 2.42. The van der Waals surface area contributed by atoms with Gasteiger partial charge in [0.15, 0.2) is 0 Å². The molecule has 1 rings (SSSR count). The largest absolute Gasteiger partial charge is 0.396 e. The lowest BCUT2D eigenvalue weighted by atomic mass is 9.84. The van der Waals surface area contributed by atoms with Crippen molar-refractivity contribution in [1.29, 1.82) is 0 Å². The van der Waals surface area contributed by atoms with Crippen molar-refractivity contribution in [1.82, 2.24) is 5.32 Å². The molecule has 1 heterocycles. The van der Waals surface area contributed by atoms with E-state index in [4.69, 9.17) is 10.2 Å². The van der Waals surface area contributed by atoms with Crippen molar-refractivity contribution in [2.24, 2.45) is 5.41 Å². The lowest BCUT2D eigenvalue weighted by molar-refractivity contribution is 0.0117. The molecule has 8 heavy (non-hydrogen) atoms. The molecular weight excluding hydrogens is 106 g/mol. The molecule has 3 heteroatoms. The van der Waals surface area contributed by atoms with Gasteiger partial charge in [0.25, 0.3) is 0 Å². The van der Waals surface area contributed by atoms with E-state index < -0.39 is 0 Å². The molecule has 0 saturated carbocycles. The molecular formula is C5H11NO2. The Kier molecular flexibility index (Phi) is 1.51. The van der Waals surface area contributed by atoms with Gasteiger partial charge in [0.05, 0.1) is 13.2 Å². The molecule has 3 N–H and O–H groups in total. The Bertz CT molecular complexity index is 67.0. The van der Waals surface area contributed by atoms with Crippen LogP contribution in [0.3, 0.4) is 0 Å². The first kappa shape index (κ1) is 6.01. The monoisotopic (exact) mass is 117 g/mol. The van der Waals surface area contributed by atoms with E-state index >= 15 is 0 Å². The maximum Gasteiger partial charge on any atom is 0.0533 e. The molecule has 0 unspecified atom stereocenters. The summed E-state index contributed by atoms with van der Waals surface area (Å²) >= 11 is 0. The average Bonchev–Trinajstić information content (AvgIpc) is 1.67. The number of hydrogen-bond donors (Lipinski definition) is 3. The summed E-state index contributed by atoms with van der Waals surface area (Å²) in [7, 11) is 0. The summed E-state index contributed by atoms with van der Waals surface area (Å²) in [6, 6.07) is 0. The van der Waals surface area contributed by atoms with Crippen LogP contribution in [-0.2, 0) is 0 Å². The van der Waals surface area contributed by atoms with Crippen LogP contribution in [0.2, 0.25) is 0 Å². The summed E-state index contributed by atoms with van der Waals surface area (Å²) in [5.41, 5.74) is -0.194. The van der Waals surface area contributed by atoms with Gasteiger partial charge in [0.2, 0.25) is 0 Å². The summed E-state index contributed by atoms with van der Waals surface area (Å²) in [5, 5.41) is 20.3. The topological polar surface area (TPSA) is 52.5 Å². The van der Waals surface area contributed by atoms with Gasteiger partial charge in [-0.2, -0.15) is 0 Å². The van der Waals surface area contributed by atoms with Crippen molar-refractivity contribution in [3.63, 3.8) is 0 Å². The first-order chi connectivity index (χ1) is 3.83. The van der Waals surface area contributed by atoms with Gasteiger partial charge >= 0.3 is 0 Å². The first-order valence-corrected chi connectivity index (χ1v) is 2.75. The van der Waals surface area contributed by atoms with Crippen LogP contribution in [-0.4, -0.2) is 36.5 Å². The highest BCUT2D eigenvalue weighted by atomic mass is 16.3. The second-order valence-corrected chi connectivity index (χ2v) is 2.42. The van der Waals surface area contributed by atoms with Gasteiger partial charge in [-0.1, -0.05) is 0 Å². The van der Waals surface area contributed by atoms with Crippen LogP contribution in [0.25, 0.3) is 0 Å². The fourth-order valence-electron chi connectivity index (χ4n) is 0.752. The lowest BCUT2D eigenvalue weighted by Crippen LogP contribution is -2.57. The highest BCUT2D eigenvalue weighted by molar-refractivity contribution is 4.90. The number of aliphatic hydroxyl groups is 2. The van der Waals surface area contributed by atoms with Crippen molar-refractivity contribution < 1.29 is 10.2 Å². The van der Waals surface area contributed by atoms with E-state index in [9.17, 15) is 0 Å². The zero-order valence-corrected chi connectivity index (χ0v) is 4.72. The van der Waals surface area contributed by atoms with Crippen molar-refractivity contribution in [2.75, 3.05) is 26.3 Å². The third-order valence-electron chi connectivity index (χ3n) is 1.67. The summed E-state index contributed by atoms with van der Waals surface area (Å²) in [4.78, 5) is 0. The number of nitrogens with one attached hydrogen (secondary N) is 1. The van der Waals surface area contributed by atoms with Crippen LogP contribution >= 0.6 is 0 Å². The van der Waals surface area contributed by atoms with Gasteiger partial charge < -0.3 is 15.5 Å². The summed E-state index contributed by atoms with van der Waals surface area (Å²) in [5.74, 6) is 0. The highest BCUT2D eigenvalue weighted by Crippen LogP contribution is 2.19. The third-order valence-corrected chi connectivity index (χ3v) is 1.67. The van der Waals surface area contributed by atoms with E-state index in [1.807, 2.05) is 0 Å². The zero-order chi connectivity index (χ0) is 6.04. The van der Waals surface area contributed by atoms with Crippen LogP contribution < -0.4 is 5.32 Å². The van der Waals surface area contributed by atoms with Crippen LogP contribution in [0, 0.1) is 5.41 Å². The van der Waals surface area contributed by atoms with Crippen LogP contribution in [0.1, 0.15) is 0 Å². The van der Waals surface area contributed by atoms with E-state index in [0.717, 1.165) is 13.1 Å². The third kappa shape index (κ3) is 0.727. The smallest absolute Gasteiger partial charge is 0.0533 e.